The van der Waals surface area contributed by atoms with Crippen LogP contribution in [0, 0.1) is 0 Å². The highest BCUT2D eigenvalue weighted by Gasteiger charge is 2.14. The van der Waals surface area contributed by atoms with Crippen LogP contribution >= 0.6 is 11.6 Å². The minimum Gasteiger partial charge on any atom is -0.323 e. The van der Waals surface area contributed by atoms with Gasteiger partial charge in [-0.25, -0.2) is 4.98 Å². The number of quaternary nitrogens is 1. The maximum atomic E-state index is 12.4. The number of rotatable bonds is 6. The van der Waals surface area contributed by atoms with Crippen LogP contribution in [-0.4, -0.2) is 29.5 Å². The molecule has 0 bridgehead atoms. The third-order valence-corrected chi connectivity index (χ3v) is 4.56. The van der Waals surface area contributed by atoms with E-state index in [0.29, 0.717) is 28.3 Å². The normalized spacial score (nSPS) is 12.1. The molecule has 0 spiro atoms. The molecule has 3 N–H and O–H groups in total. The summed E-state index contributed by atoms with van der Waals surface area (Å²) in [6, 6.07) is 12.7. The molecular weight excluding hydrogens is 364 g/mol. The number of anilines is 1. The number of hydrogen-bond acceptors (Lipinski definition) is 3. The lowest BCUT2D eigenvalue weighted by molar-refractivity contribution is -0.885. The molecule has 3 aromatic rings. The number of H-pyrrole nitrogens is 1. The van der Waals surface area contributed by atoms with Crippen LogP contribution in [0.3, 0.4) is 0 Å². The maximum Gasteiger partial charge on any atom is 0.279 e. The van der Waals surface area contributed by atoms with Gasteiger partial charge in [0.25, 0.3) is 11.5 Å². The molecule has 0 aliphatic carbocycles. The summed E-state index contributed by atoms with van der Waals surface area (Å²) in [4.78, 5) is 32.7. The summed E-state index contributed by atoms with van der Waals surface area (Å²) < 4.78 is 0. The fourth-order valence-corrected chi connectivity index (χ4v) is 3.18. The number of para-hydroxylation sites is 1. The van der Waals surface area contributed by atoms with Crippen LogP contribution in [-0.2, 0) is 17.8 Å². The molecule has 6 nitrogen and oxygen atoms in total. The van der Waals surface area contributed by atoms with Crippen LogP contribution in [0.4, 0.5) is 5.69 Å². The first-order chi connectivity index (χ1) is 13.0. The van der Waals surface area contributed by atoms with Gasteiger partial charge < -0.3 is 15.2 Å². The van der Waals surface area contributed by atoms with Crippen molar-refractivity contribution < 1.29 is 9.69 Å². The van der Waals surface area contributed by atoms with Crippen LogP contribution in [0.2, 0.25) is 5.02 Å². The van der Waals surface area contributed by atoms with E-state index < -0.39 is 0 Å². The van der Waals surface area contributed by atoms with Gasteiger partial charge in [-0.15, -0.1) is 0 Å². The van der Waals surface area contributed by atoms with E-state index in [0.717, 1.165) is 22.6 Å². The lowest BCUT2D eigenvalue weighted by Gasteiger charge is -2.14. The van der Waals surface area contributed by atoms with Crippen molar-refractivity contribution in [2.75, 3.05) is 18.9 Å². The first kappa shape index (κ1) is 19.1. The number of fused-ring (bicyclic) bond motifs is 1. The Morgan fingerprint density at radius 1 is 1.26 bits per heavy atom. The second-order valence-electron chi connectivity index (χ2n) is 6.54. The molecule has 1 atom stereocenters. The van der Waals surface area contributed by atoms with Gasteiger partial charge >= 0.3 is 0 Å². The second-order valence-corrected chi connectivity index (χ2v) is 6.98. The number of aromatic nitrogens is 2. The summed E-state index contributed by atoms with van der Waals surface area (Å²) in [6.07, 6.45) is 0.851. The molecule has 0 saturated heterocycles. The maximum absolute atomic E-state index is 12.4. The van der Waals surface area contributed by atoms with Crippen LogP contribution in [0.15, 0.2) is 47.3 Å². The van der Waals surface area contributed by atoms with Gasteiger partial charge in [-0.05, 0) is 36.2 Å². The Labute approximate surface area is 162 Å². The molecule has 0 radical (unpaired) electrons. The number of likely N-dealkylation sites (N-methyl/N-ethyl adjacent to an activating group) is 1. The van der Waals surface area contributed by atoms with Crippen molar-refractivity contribution >= 4 is 34.1 Å². The quantitative estimate of drug-likeness (QED) is 0.605. The SMILES string of the molecule is CCc1ccccc1NC(=O)C[NH+](C)Cc1nc2cc(Cl)ccc2c(=O)[nH]1. The average molecular weight is 386 g/mol. The minimum atomic E-state index is -0.208. The van der Waals surface area contributed by atoms with Crippen molar-refractivity contribution in [1.82, 2.24) is 9.97 Å². The van der Waals surface area contributed by atoms with Crippen molar-refractivity contribution in [3.8, 4) is 0 Å². The van der Waals surface area contributed by atoms with E-state index in [4.69, 9.17) is 11.6 Å². The number of aryl methyl sites for hydroxylation is 1. The molecule has 140 valence electrons. The molecular formula is C20H22ClN4O2+. The summed E-state index contributed by atoms with van der Waals surface area (Å²) in [5.41, 5.74) is 2.28. The van der Waals surface area contributed by atoms with E-state index in [-0.39, 0.29) is 18.0 Å². The number of carbonyl (C=O) groups excluding carboxylic acids is 1. The van der Waals surface area contributed by atoms with E-state index >= 15 is 0 Å². The topological polar surface area (TPSA) is 79.3 Å². The molecule has 1 amide bonds. The highest BCUT2D eigenvalue weighted by Crippen LogP contribution is 2.15. The van der Waals surface area contributed by atoms with E-state index in [9.17, 15) is 9.59 Å². The van der Waals surface area contributed by atoms with Crippen LogP contribution < -0.4 is 15.8 Å². The smallest absolute Gasteiger partial charge is 0.279 e. The molecule has 1 unspecified atom stereocenters. The van der Waals surface area contributed by atoms with Gasteiger partial charge in [0.05, 0.1) is 18.0 Å². The van der Waals surface area contributed by atoms with Gasteiger partial charge in [-0.3, -0.25) is 9.59 Å². The Hall–Kier alpha value is -2.70. The molecule has 1 heterocycles. The second kappa shape index (κ2) is 8.33. The molecule has 0 fully saturated rings. The Morgan fingerprint density at radius 3 is 2.81 bits per heavy atom. The van der Waals surface area contributed by atoms with E-state index in [1.165, 1.54) is 0 Å². The first-order valence-electron chi connectivity index (χ1n) is 8.83. The number of hydrogen-bond donors (Lipinski definition) is 3. The number of nitrogens with zero attached hydrogens (tertiary/aromatic N) is 1. The van der Waals surface area contributed by atoms with Gasteiger partial charge in [0.2, 0.25) is 0 Å². The van der Waals surface area contributed by atoms with Gasteiger partial charge in [-0.2, -0.15) is 0 Å². The molecule has 7 heteroatoms. The highest BCUT2D eigenvalue weighted by atomic mass is 35.5. The summed E-state index contributed by atoms with van der Waals surface area (Å²) in [7, 11) is 1.88. The van der Waals surface area contributed by atoms with E-state index in [1.54, 1.807) is 18.2 Å². The molecule has 2 aromatic carbocycles. The Bertz CT molecular complexity index is 1030. The summed E-state index contributed by atoms with van der Waals surface area (Å²) in [5.74, 6) is 0.439. The fourth-order valence-electron chi connectivity index (χ4n) is 3.01. The lowest BCUT2D eigenvalue weighted by Crippen LogP contribution is -3.08. The van der Waals surface area contributed by atoms with E-state index in [2.05, 4.69) is 22.2 Å². The van der Waals surface area contributed by atoms with Gasteiger partial charge in [0, 0.05) is 10.7 Å². The highest BCUT2D eigenvalue weighted by molar-refractivity contribution is 6.31. The summed E-state index contributed by atoms with van der Waals surface area (Å²) >= 11 is 5.99. The van der Waals surface area contributed by atoms with Crippen molar-refractivity contribution in [1.29, 1.82) is 0 Å². The van der Waals surface area contributed by atoms with Crippen LogP contribution in [0.5, 0.6) is 0 Å². The zero-order valence-corrected chi connectivity index (χ0v) is 16.1. The van der Waals surface area contributed by atoms with Crippen LogP contribution in [0.25, 0.3) is 10.9 Å². The zero-order valence-electron chi connectivity index (χ0n) is 15.3. The molecule has 0 aliphatic rings. The van der Waals surface area contributed by atoms with Crippen molar-refractivity contribution in [3.63, 3.8) is 0 Å². The monoisotopic (exact) mass is 385 g/mol. The molecule has 1 aromatic heterocycles. The summed E-state index contributed by atoms with van der Waals surface area (Å²) in [6.45, 7) is 2.73. The first-order valence-corrected chi connectivity index (χ1v) is 9.21. The lowest BCUT2D eigenvalue weighted by atomic mass is 10.1. The van der Waals surface area contributed by atoms with Crippen LogP contribution in [0.1, 0.15) is 18.3 Å². The Morgan fingerprint density at radius 2 is 2.04 bits per heavy atom. The standard InChI is InChI=1S/C20H21ClN4O2/c1-3-13-6-4-5-7-16(13)23-19(26)12-25(2)11-18-22-17-10-14(21)8-9-15(17)20(27)24-18/h4-10H,3,11-12H2,1-2H3,(H,23,26)(H,22,24,27)/p+1. The van der Waals surface area contributed by atoms with Crippen molar-refractivity contribution in [3.05, 3.63) is 69.2 Å². The number of aromatic amines is 1. The Balaban J connectivity index is 1.68. The fraction of sp³-hybridized carbons (Fsp3) is 0.250. The number of amides is 1. The number of carbonyl (C=O) groups is 1. The Kier molecular flexibility index (Phi) is 5.88. The number of benzene rings is 2. The van der Waals surface area contributed by atoms with Gasteiger partial charge in [0.1, 0.15) is 6.54 Å². The molecule has 0 aliphatic heterocycles. The summed E-state index contributed by atoms with van der Waals surface area (Å²) in [5, 5.41) is 3.98. The van der Waals surface area contributed by atoms with Crippen molar-refractivity contribution in [2.24, 2.45) is 0 Å². The molecule has 0 saturated carbocycles. The van der Waals surface area contributed by atoms with E-state index in [1.807, 2.05) is 31.3 Å². The predicted octanol–water partition coefficient (Wildman–Crippen LogP) is 1.79. The average Bonchev–Trinajstić information content (AvgIpc) is 2.61. The number of halogens is 1. The predicted molar refractivity (Wildman–Crippen MR) is 107 cm³/mol. The third kappa shape index (κ3) is 4.72. The molecule has 27 heavy (non-hydrogen) atoms. The number of nitrogens with one attached hydrogen (secondary N) is 3. The minimum absolute atomic E-state index is 0.0837. The zero-order chi connectivity index (χ0) is 19.4. The third-order valence-electron chi connectivity index (χ3n) is 4.32. The van der Waals surface area contributed by atoms with Gasteiger partial charge in [-0.1, -0.05) is 36.7 Å². The van der Waals surface area contributed by atoms with Crippen molar-refractivity contribution in [2.45, 2.75) is 19.9 Å². The largest absolute Gasteiger partial charge is 0.323 e. The molecule has 3 rings (SSSR count). The van der Waals surface area contributed by atoms with Gasteiger partial charge in [0.15, 0.2) is 12.4 Å².